The van der Waals surface area contributed by atoms with Crippen LogP contribution in [-0.4, -0.2) is 51.4 Å². The summed E-state index contributed by atoms with van der Waals surface area (Å²) in [5, 5.41) is 6.83. The van der Waals surface area contributed by atoms with E-state index in [0.29, 0.717) is 6.17 Å². The molecule has 60 valence electrons. The SMILES string of the molecule is C[N+](C)(C)C1CNCCN1. The number of nitrogens with one attached hydrogen (secondary N) is 2. The number of likely N-dealkylation sites (N-methyl/N-ethyl adjacent to an activating group) is 1. The van der Waals surface area contributed by atoms with Gasteiger partial charge in [-0.25, -0.2) is 0 Å². The minimum atomic E-state index is 0.578. The van der Waals surface area contributed by atoms with Gasteiger partial charge in [-0.15, -0.1) is 0 Å². The molecule has 0 aliphatic carbocycles. The van der Waals surface area contributed by atoms with Crippen LogP contribution in [0.2, 0.25) is 0 Å². The Morgan fingerprint density at radius 1 is 1.20 bits per heavy atom. The van der Waals surface area contributed by atoms with Crippen LogP contribution in [0.3, 0.4) is 0 Å². The number of nitrogens with zero attached hydrogens (tertiary/aromatic N) is 1. The normalized spacial score (nSPS) is 28.5. The molecule has 0 spiro atoms. The van der Waals surface area contributed by atoms with Crippen molar-refractivity contribution >= 4 is 0 Å². The Morgan fingerprint density at radius 3 is 2.20 bits per heavy atom. The summed E-state index contributed by atoms with van der Waals surface area (Å²) in [5.41, 5.74) is 0. The largest absolute Gasteiger partial charge is 0.315 e. The second kappa shape index (κ2) is 2.86. The first-order chi connectivity index (χ1) is 4.61. The minimum absolute atomic E-state index is 0.578. The van der Waals surface area contributed by atoms with Crippen molar-refractivity contribution in [2.75, 3.05) is 40.8 Å². The predicted octanol–water partition coefficient (Wildman–Crippen LogP) is -0.788. The highest BCUT2D eigenvalue weighted by molar-refractivity contribution is 4.66. The van der Waals surface area contributed by atoms with Crippen molar-refractivity contribution in [1.82, 2.24) is 10.6 Å². The predicted molar refractivity (Wildman–Crippen MR) is 42.7 cm³/mol. The fourth-order valence-electron chi connectivity index (χ4n) is 1.19. The fourth-order valence-corrected chi connectivity index (χ4v) is 1.19. The Kier molecular flexibility index (Phi) is 2.28. The molecule has 2 N–H and O–H groups in total. The van der Waals surface area contributed by atoms with E-state index < -0.39 is 0 Å². The maximum absolute atomic E-state index is 3.47. The molecule has 1 unspecified atom stereocenters. The van der Waals surface area contributed by atoms with Crippen molar-refractivity contribution in [3.05, 3.63) is 0 Å². The molecule has 0 radical (unpaired) electrons. The lowest BCUT2D eigenvalue weighted by Crippen LogP contribution is -2.62. The van der Waals surface area contributed by atoms with Gasteiger partial charge in [-0.2, -0.15) is 0 Å². The van der Waals surface area contributed by atoms with E-state index in [4.69, 9.17) is 0 Å². The lowest BCUT2D eigenvalue weighted by atomic mass is 10.3. The molecule has 1 aliphatic rings. The van der Waals surface area contributed by atoms with E-state index in [1.807, 2.05) is 0 Å². The maximum atomic E-state index is 3.47. The molecule has 3 nitrogen and oxygen atoms in total. The second-order valence-electron chi connectivity index (χ2n) is 3.79. The third-order valence-corrected chi connectivity index (χ3v) is 1.95. The first kappa shape index (κ1) is 7.98. The summed E-state index contributed by atoms with van der Waals surface area (Å²) in [4.78, 5) is 0. The number of piperazine rings is 1. The summed E-state index contributed by atoms with van der Waals surface area (Å²) in [6.07, 6.45) is 0.578. The van der Waals surface area contributed by atoms with Gasteiger partial charge in [0.15, 0.2) is 6.17 Å². The van der Waals surface area contributed by atoms with Crippen molar-refractivity contribution in [1.29, 1.82) is 0 Å². The van der Waals surface area contributed by atoms with Crippen LogP contribution in [0.1, 0.15) is 0 Å². The quantitative estimate of drug-likeness (QED) is 0.471. The molecule has 0 bridgehead atoms. The van der Waals surface area contributed by atoms with Crippen molar-refractivity contribution in [3.8, 4) is 0 Å². The van der Waals surface area contributed by atoms with Crippen LogP contribution >= 0.6 is 0 Å². The standard InChI is InChI=1S/C7H18N3/c1-10(2,3)7-6-8-4-5-9-7/h7-9H,4-6H2,1-3H3/q+1. The van der Waals surface area contributed by atoms with Gasteiger partial charge in [-0.05, 0) is 0 Å². The lowest BCUT2D eigenvalue weighted by molar-refractivity contribution is -0.898. The third-order valence-electron chi connectivity index (χ3n) is 1.95. The van der Waals surface area contributed by atoms with Crippen molar-refractivity contribution in [3.63, 3.8) is 0 Å². The molecule has 3 heteroatoms. The molecule has 0 saturated carbocycles. The molecule has 1 aliphatic heterocycles. The minimum Gasteiger partial charge on any atom is -0.315 e. The van der Waals surface area contributed by atoms with E-state index in [9.17, 15) is 0 Å². The van der Waals surface area contributed by atoms with Crippen LogP contribution in [0.5, 0.6) is 0 Å². The van der Waals surface area contributed by atoms with Gasteiger partial charge in [0.05, 0.1) is 27.7 Å². The van der Waals surface area contributed by atoms with Crippen LogP contribution in [0, 0.1) is 0 Å². The van der Waals surface area contributed by atoms with Crippen molar-refractivity contribution < 1.29 is 4.48 Å². The Hall–Kier alpha value is -0.120. The highest BCUT2D eigenvalue weighted by atomic mass is 15.4. The second-order valence-corrected chi connectivity index (χ2v) is 3.79. The molecule has 1 heterocycles. The van der Waals surface area contributed by atoms with Crippen LogP contribution < -0.4 is 10.6 Å². The first-order valence-corrected chi connectivity index (χ1v) is 3.86. The van der Waals surface area contributed by atoms with E-state index in [1.54, 1.807) is 0 Å². The summed E-state index contributed by atoms with van der Waals surface area (Å²) in [6, 6.07) is 0. The third kappa shape index (κ3) is 1.94. The summed E-state index contributed by atoms with van der Waals surface area (Å²) in [5.74, 6) is 0. The molecule has 1 atom stereocenters. The van der Waals surface area contributed by atoms with Crippen molar-refractivity contribution in [2.45, 2.75) is 6.17 Å². The topological polar surface area (TPSA) is 24.1 Å². The monoisotopic (exact) mass is 144 g/mol. The molecule has 10 heavy (non-hydrogen) atoms. The fraction of sp³-hybridized carbons (Fsp3) is 1.00. The molecule has 0 amide bonds. The van der Waals surface area contributed by atoms with E-state index in [2.05, 4.69) is 31.8 Å². The summed E-state index contributed by atoms with van der Waals surface area (Å²) in [6.45, 7) is 3.29. The number of hydrogen-bond donors (Lipinski definition) is 2. The molecule has 0 aromatic heterocycles. The van der Waals surface area contributed by atoms with Crippen LogP contribution in [0.4, 0.5) is 0 Å². The van der Waals surface area contributed by atoms with Gasteiger partial charge >= 0.3 is 0 Å². The van der Waals surface area contributed by atoms with E-state index >= 15 is 0 Å². The zero-order chi connectivity index (χ0) is 7.61. The molecule has 0 aromatic rings. The van der Waals surface area contributed by atoms with Gasteiger partial charge in [0.25, 0.3) is 0 Å². The maximum Gasteiger partial charge on any atom is 0.155 e. The summed E-state index contributed by atoms with van der Waals surface area (Å²) < 4.78 is 0.993. The zero-order valence-electron chi connectivity index (χ0n) is 7.15. The van der Waals surface area contributed by atoms with Gasteiger partial charge in [-0.1, -0.05) is 0 Å². The molecular weight excluding hydrogens is 126 g/mol. The van der Waals surface area contributed by atoms with E-state index in [-0.39, 0.29) is 0 Å². The average Bonchev–Trinajstić information content (AvgIpc) is 1.88. The van der Waals surface area contributed by atoms with Gasteiger partial charge in [0.1, 0.15) is 0 Å². The Balaban J connectivity index is 2.39. The molecule has 1 fully saturated rings. The molecule has 1 rings (SSSR count). The van der Waals surface area contributed by atoms with E-state index in [1.165, 1.54) is 0 Å². The zero-order valence-corrected chi connectivity index (χ0v) is 7.15. The van der Waals surface area contributed by atoms with Crippen molar-refractivity contribution in [2.24, 2.45) is 0 Å². The van der Waals surface area contributed by atoms with Gasteiger partial charge in [-0.3, -0.25) is 5.32 Å². The van der Waals surface area contributed by atoms with Gasteiger partial charge in [0.2, 0.25) is 0 Å². The number of hydrogen-bond acceptors (Lipinski definition) is 2. The number of quaternary nitrogens is 1. The van der Waals surface area contributed by atoms with Crippen LogP contribution in [-0.2, 0) is 0 Å². The van der Waals surface area contributed by atoms with Crippen LogP contribution in [0.25, 0.3) is 0 Å². The van der Waals surface area contributed by atoms with Crippen LogP contribution in [0.15, 0.2) is 0 Å². The van der Waals surface area contributed by atoms with Gasteiger partial charge < -0.3 is 9.80 Å². The first-order valence-electron chi connectivity index (χ1n) is 3.86. The highest BCUT2D eigenvalue weighted by Gasteiger charge is 2.24. The molecular formula is C7H18N3+. The number of rotatable bonds is 1. The molecule has 0 aromatic carbocycles. The molecule has 1 saturated heterocycles. The highest BCUT2D eigenvalue weighted by Crippen LogP contribution is 1.99. The Labute approximate surface area is 63.0 Å². The Morgan fingerprint density at radius 2 is 1.90 bits per heavy atom. The summed E-state index contributed by atoms with van der Waals surface area (Å²) in [7, 11) is 6.64. The summed E-state index contributed by atoms with van der Waals surface area (Å²) >= 11 is 0. The smallest absolute Gasteiger partial charge is 0.155 e. The Bertz CT molecular complexity index is 99.9. The van der Waals surface area contributed by atoms with E-state index in [0.717, 1.165) is 24.1 Å². The van der Waals surface area contributed by atoms with Gasteiger partial charge in [0, 0.05) is 13.1 Å². The lowest BCUT2D eigenvalue weighted by Gasteiger charge is -2.37. The average molecular weight is 144 g/mol.